The van der Waals surface area contributed by atoms with Crippen LogP contribution in [0.25, 0.3) is 0 Å². The first-order valence-electron chi connectivity index (χ1n) is 6.27. The van der Waals surface area contributed by atoms with Crippen molar-refractivity contribution in [1.29, 1.82) is 0 Å². The van der Waals surface area contributed by atoms with E-state index in [1.807, 2.05) is 30.5 Å². The lowest BCUT2D eigenvalue weighted by atomic mass is 10.0. The SMILES string of the molecule is COc1ccc(OC)c(C(Cc2nc(C)cs2)NN)c1. The van der Waals surface area contributed by atoms with Crippen molar-refractivity contribution in [2.24, 2.45) is 5.84 Å². The molecule has 0 fully saturated rings. The molecule has 0 aliphatic rings. The fraction of sp³-hybridized carbons (Fsp3) is 0.357. The average Bonchev–Trinajstić information content (AvgIpc) is 2.89. The molecule has 1 aromatic heterocycles. The largest absolute Gasteiger partial charge is 0.497 e. The van der Waals surface area contributed by atoms with Gasteiger partial charge in [0.25, 0.3) is 0 Å². The van der Waals surface area contributed by atoms with Crippen molar-refractivity contribution >= 4 is 11.3 Å². The number of hydrazine groups is 1. The number of methoxy groups -OCH3 is 2. The standard InChI is InChI=1S/C14H19N3O2S/c1-9-8-20-14(16-9)7-12(17-15)11-6-10(18-2)4-5-13(11)19-3/h4-6,8,12,17H,7,15H2,1-3H3. The number of benzene rings is 1. The van der Waals surface area contributed by atoms with Gasteiger partial charge in [0.1, 0.15) is 11.5 Å². The molecule has 1 atom stereocenters. The Morgan fingerprint density at radius 1 is 1.35 bits per heavy atom. The summed E-state index contributed by atoms with van der Waals surface area (Å²) in [6, 6.07) is 5.60. The lowest BCUT2D eigenvalue weighted by molar-refractivity contribution is 0.389. The molecule has 1 aromatic carbocycles. The van der Waals surface area contributed by atoms with E-state index in [9.17, 15) is 0 Å². The van der Waals surface area contributed by atoms with Gasteiger partial charge in [0.2, 0.25) is 0 Å². The molecular weight excluding hydrogens is 274 g/mol. The topological polar surface area (TPSA) is 69.4 Å². The van der Waals surface area contributed by atoms with E-state index < -0.39 is 0 Å². The lowest BCUT2D eigenvalue weighted by Gasteiger charge is -2.19. The molecule has 3 N–H and O–H groups in total. The van der Waals surface area contributed by atoms with E-state index in [0.717, 1.165) is 27.8 Å². The molecular formula is C14H19N3O2S. The minimum Gasteiger partial charge on any atom is -0.497 e. The molecule has 0 saturated carbocycles. The van der Waals surface area contributed by atoms with Gasteiger partial charge >= 0.3 is 0 Å². The third-order valence-corrected chi connectivity index (χ3v) is 4.05. The van der Waals surface area contributed by atoms with Crippen LogP contribution in [0.3, 0.4) is 0 Å². The second-order valence-electron chi connectivity index (χ2n) is 4.41. The number of nitrogens with two attached hydrogens (primary N) is 1. The minimum atomic E-state index is -0.0781. The Labute approximate surface area is 122 Å². The van der Waals surface area contributed by atoms with Gasteiger partial charge < -0.3 is 9.47 Å². The Bertz CT molecular complexity index is 571. The molecule has 20 heavy (non-hydrogen) atoms. The number of nitrogens with one attached hydrogen (secondary N) is 1. The Kier molecular flexibility index (Phi) is 4.94. The summed E-state index contributed by atoms with van der Waals surface area (Å²) in [4.78, 5) is 4.47. The van der Waals surface area contributed by atoms with Gasteiger partial charge in [0, 0.05) is 23.1 Å². The van der Waals surface area contributed by atoms with Crippen molar-refractivity contribution in [3.8, 4) is 11.5 Å². The summed E-state index contributed by atoms with van der Waals surface area (Å²) in [6.07, 6.45) is 0.707. The predicted molar refractivity (Wildman–Crippen MR) is 80.2 cm³/mol. The predicted octanol–water partition coefficient (Wildman–Crippen LogP) is 2.22. The highest BCUT2D eigenvalue weighted by Crippen LogP contribution is 2.31. The smallest absolute Gasteiger partial charge is 0.123 e. The highest BCUT2D eigenvalue weighted by molar-refractivity contribution is 7.09. The van der Waals surface area contributed by atoms with Crippen LogP contribution in [0.4, 0.5) is 0 Å². The Morgan fingerprint density at radius 2 is 2.15 bits per heavy atom. The van der Waals surface area contributed by atoms with Gasteiger partial charge in [-0.2, -0.15) is 0 Å². The Hall–Kier alpha value is -1.63. The molecule has 0 radical (unpaired) electrons. The van der Waals surface area contributed by atoms with Crippen molar-refractivity contribution in [3.05, 3.63) is 39.8 Å². The molecule has 0 saturated heterocycles. The highest BCUT2D eigenvalue weighted by atomic mass is 32.1. The number of rotatable bonds is 6. The van der Waals surface area contributed by atoms with Crippen LogP contribution in [0.2, 0.25) is 0 Å². The average molecular weight is 293 g/mol. The number of hydrogen-bond donors (Lipinski definition) is 2. The minimum absolute atomic E-state index is 0.0781. The second kappa shape index (κ2) is 6.69. The van der Waals surface area contributed by atoms with Crippen molar-refractivity contribution in [3.63, 3.8) is 0 Å². The van der Waals surface area contributed by atoms with Crippen LogP contribution in [-0.4, -0.2) is 19.2 Å². The van der Waals surface area contributed by atoms with E-state index in [-0.39, 0.29) is 6.04 Å². The lowest BCUT2D eigenvalue weighted by Crippen LogP contribution is -2.30. The van der Waals surface area contributed by atoms with Gasteiger partial charge in [-0.05, 0) is 25.1 Å². The van der Waals surface area contributed by atoms with Crippen molar-refractivity contribution in [2.45, 2.75) is 19.4 Å². The fourth-order valence-corrected chi connectivity index (χ4v) is 2.86. The quantitative estimate of drug-likeness (QED) is 0.631. The third kappa shape index (κ3) is 3.27. The Morgan fingerprint density at radius 3 is 2.70 bits per heavy atom. The molecule has 0 aliphatic carbocycles. The third-order valence-electron chi connectivity index (χ3n) is 3.06. The summed E-state index contributed by atoms with van der Waals surface area (Å²) in [6.45, 7) is 1.98. The molecule has 5 nitrogen and oxygen atoms in total. The van der Waals surface area contributed by atoms with Crippen LogP contribution in [0.15, 0.2) is 23.6 Å². The molecule has 0 aliphatic heterocycles. The van der Waals surface area contributed by atoms with E-state index in [1.54, 1.807) is 25.6 Å². The molecule has 1 unspecified atom stereocenters. The number of ether oxygens (including phenoxy) is 2. The summed E-state index contributed by atoms with van der Waals surface area (Å²) >= 11 is 1.63. The van der Waals surface area contributed by atoms with Crippen molar-refractivity contribution in [1.82, 2.24) is 10.4 Å². The van der Waals surface area contributed by atoms with Gasteiger partial charge in [0.05, 0.1) is 25.3 Å². The van der Waals surface area contributed by atoms with E-state index in [2.05, 4.69) is 10.4 Å². The molecule has 0 spiro atoms. The second-order valence-corrected chi connectivity index (χ2v) is 5.36. The van der Waals surface area contributed by atoms with Crippen LogP contribution in [0, 0.1) is 6.92 Å². The van der Waals surface area contributed by atoms with Gasteiger partial charge in [-0.15, -0.1) is 11.3 Å². The molecule has 6 heteroatoms. The van der Waals surface area contributed by atoms with Gasteiger partial charge in [-0.25, -0.2) is 4.98 Å². The number of aryl methyl sites for hydroxylation is 1. The van der Waals surface area contributed by atoms with Crippen molar-refractivity contribution < 1.29 is 9.47 Å². The zero-order chi connectivity index (χ0) is 14.5. The molecule has 2 aromatic rings. The maximum absolute atomic E-state index is 5.71. The van der Waals surface area contributed by atoms with E-state index in [1.165, 1.54) is 0 Å². The Balaban J connectivity index is 2.30. The number of aromatic nitrogens is 1. The number of thiazole rings is 1. The molecule has 0 amide bonds. The summed E-state index contributed by atoms with van der Waals surface area (Å²) < 4.78 is 10.7. The van der Waals surface area contributed by atoms with Gasteiger partial charge in [-0.3, -0.25) is 11.3 Å². The fourth-order valence-electron chi connectivity index (χ4n) is 2.04. The highest BCUT2D eigenvalue weighted by Gasteiger charge is 2.18. The van der Waals surface area contributed by atoms with Gasteiger partial charge in [0.15, 0.2) is 0 Å². The monoisotopic (exact) mass is 293 g/mol. The summed E-state index contributed by atoms with van der Waals surface area (Å²) in [5.74, 6) is 7.26. The molecule has 2 rings (SSSR count). The summed E-state index contributed by atoms with van der Waals surface area (Å²) in [7, 11) is 3.28. The van der Waals surface area contributed by atoms with Gasteiger partial charge in [-0.1, -0.05) is 0 Å². The molecule has 0 bridgehead atoms. The van der Waals surface area contributed by atoms with Crippen molar-refractivity contribution in [2.75, 3.05) is 14.2 Å². The van der Waals surface area contributed by atoms with E-state index >= 15 is 0 Å². The van der Waals surface area contributed by atoms with Crippen LogP contribution in [-0.2, 0) is 6.42 Å². The summed E-state index contributed by atoms with van der Waals surface area (Å²) in [5, 5.41) is 3.07. The molecule has 108 valence electrons. The zero-order valence-electron chi connectivity index (χ0n) is 11.8. The number of nitrogens with zero attached hydrogens (tertiary/aromatic N) is 1. The van der Waals surface area contributed by atoms with Crippen LogP contribution in [0.1, 0.15) is 22.3 Å². The zero-order valence-corrected chi connectivity index (χ0v) is 12.7. The normalized spacial score (nSPS) is 12.2. The first-order chi connectivity index (χ1) is 9.67. The first kappa shape index (κ1) is 14.8. The number of hydrogen-bond acceptors (Lipinski definition) is 6. The maximum atomic E-state index is 5.71. The van der Waals surface area contributed by atoms with Crippen LogP contribution >= 0.6 is 11.3 Å². The van der Waals surface area contributed by atoms with Crippen LogP contribution in [0.5, 0.6) is 11.5 Å². The molecule has 1 heterocycles. The van der Waals surface area contributed by atoms with Crippen LogP contribution < -0.4 is 20.7 Å². The van der Waals surface area contributed by atoms with E-state index in [4.69, 9.17) is 15.3 Å². The van der Waals surface area contributed by atoms with E-state index in [0.29, 0.717) is 6.42 Å². The summed E-state index contributed by atoms with van der Waals surface area (Å²) in [5.41, 5.74) is 4.82. The first-order valence-corrected chi connectivity index (χ1v) is 7.15. The maximum Gasteiger partial charge on any atom is 0.123 e.